The van der Waals surface area contributed by atoms with Crippen LogP contribution in [0.4, 0.5) is 102 Å². The second-order valence-electron chi connectivity index (χ2n) is 35.4. The molecule has 22 rings (SSSR count). The highest BCUT2D eigenvalue weighted by Crippen LogP contribution is 2.39. The molecule has 8 saturated heterocycles. The van der Waals surface area contributed by atoms with Crippen molar-refractivity contribution in [3.63, 3.8) is 0 Å². The maximum absolute atomic E-state index is 14.9. The molecule has 0 aliphatic carbocycles. The maximum atomic E-state index is 14.9. The number of carbonyl (C=O) groups excluding carboxylic acids is 7. The van der Waals surface area contributed by atoms with E-state index in [1.165, 1.54) is 77.0 Å². The van der Waals surface area contributed by atoms with Gasteiger partial charge >= 0.3 is 36.6 Å². The van der Waals surface area contributed by atoms with Crippen molar-refractivity contribution in [2.24, 2.45) is 7.05 Å². The van der Waals surface area contributed by atoms with Gasteiger partial charge in [0.15, 0.2) is 21.5 Å². The average Bonchev–Trinajstić information content (AvgIpc) is 1.65. The number of hydrogen-bond acceptors (Lipinski definition) is 28. The minimum atomic E-state index is -3.04. The lowest BCUT2D eigenvalue weighted by Crippen LogP contribution is -2.43. The zero-order valence-electron chi connectivity index (χ0n) is 80.3. The van der Waals surface area contributed by atoms with Crippen molar-refractivity contribution in [2.45, 2.75) is 129 Å². The molecule has 13 aromatic rings. The predicted octanol–water partition coefficient (Wildman–Crippen LogP) is 16.2. The third kappa shape index (κ3) is 24.0. The first kappa shape index (κ1) is 101. The van der Waals surface area contributed by atoms with Crippen LogP contribution in [0.1, 0.15) is 79.0 Å². The van der Waals surface area contributed by atoms with Crippen molar-refractivity contribution in [3.8, 4) is 43.8 Å². The third-order valence-electron chi connectivity index (χ3n) is 25.7. The molecule has 8 fully saturated rings. The van der Waals surface area contributed by atoms with Crippen molar-refractivity contribution in [3.05, 3.63) is 242 Å². The van der Waals surface area contributed by atoms with Gasteiger partial charge in [-0.3, -0.25) is 38.8 Å². The number of aromatic nitrogens is 12. The summed E-state index contributed by atoms with van der Waals surface area (Å²) in [5.74, 6) is -0.0393. The van der Waals surface area contributed by atoms with Crippen LogP contribution in [0.5, 0.6) is 0 Å². The highest BCUT2D eigenvalue weighted by molar-refractivity contribution is 7.91. The molecule has 0 bridgehead atoms. The van der Waals surface area contributed by atoms with E-state index in [-0.39, 0.29) is 90.5 Å². The lowest BCUT2D eigenvalue weighted by Gasteiger charge is -2.29. The zero-order valence-corrected chi connectivity index (χ0v) is 81.9. The van der Waals surface area contributed by atoms with E-state index in [0.717, 1.165) is 98.5 Å². The lowest BCUT2D eigenvalue weighted by atomic mass is 10.1. The molecular weight excluding hydrogens is 1920 g/mol. The molecule has 6 atom stereocenters. The first-order valence-corrected chi connectivity index (χ1v) is 50.4. The molecule has 9 aliphatic rings. The summed E-state index contributed by atoms with van der Waals surface area (Å²) in [4.78, 5) is 111. The Morgan fingerprint density at radius 1 is 0.441 bits per heavy atom. The Hall–Kier alpha value is -15.5. The molecule has 6 unspecified atom stereocenters. The Kier molecular flexibility index (Phi) is 31.6. The second-order valence-corrected chi connectivity index (χ2v) is 38.7. The number of benzene rings is 5. The van der Waals surface area contributed by atoms with Gasteiger partial charge in [0.25, 0.3) is 0 Å². The smallest absolute Gasteiger partial charge is 0.414 e. The second kappa shape index (κ2) is 45.4. The fraction of sp³-hybridized carbons (Fsp3) is 0.356. The van der Waals surface area contributed by atoms with E-state index in [9.17, 15) is 63.9 Å². The van der Waals surface area contributed by atoms with Gasteiger partial charge in [0.1, 0.15) is 83.6 Å². The number of ether oxygens (including phenoxy) is 6. The van der Waals surface area contributed by atoms with Gasteiger partial charge in [-0.2, -0.15) is 30.1 Å². The monoisotopic (exact) mass is 2030 g/mol. The van der Waals surface area contributed by atoms with Gasteiger partial charge < -0.3 is 53.2 Å². The standard InChI is InChI=1S/C22H23FN6O2.C18H21N5O3.C17H15FN4O2.C15H16FN3O2.C15H14FNO2S.C14H18FN3O4S/c23-20-12-17(29-15-18(31-22(29)30)14-28-9-1-6-26-28)3-4-19(20)16-2-5-21(25-13-16)27-10-7-24-8-11-27;1-13(24)2-7-16-10-22(18(25)26-16)15-5-3-14(4-6-15)21-8-9-23-17(11-21)19-12-20-23;1-2-12-10-21(17(23)24-12)11-5-6-13(15(18)8-11)14-9-20-22-16(14)4-3-7-19-22;1-3-12-9-19(15(20)21-12)11-4-5-13(14(16)6-11)10-7-17-18(2)8-10;1-2-11-9-17(15(18)19-11)10-5-6-12(13(16)8-10)14-4-3-7-20-14;1-2-11-9-18(14(19)22-11)10-7-12(15)13(16-8-10)17-3-5-23(20,21)6-4-17/h1-6,9,12-13,18,24H,7-8,10-11,14-15H2;3-6,12,16H,2,7-11H2,1H3;3-9,12H,2,10H2,1H3;4-8,12H,3,9H2,1-2H3;3-8,11H,2,9H2,1H3;7-8,11H,2-6,9H2,1H3. The summed E-state index contributed by atoms with van der Waals surface area (Å²) < 4.78 is 134. The predicted molar refractivity (Wildman–Crippen MR) is 533 cm³/mol. The molecule has 17 heterocycles. The number of Topliss-reactive ketones (excluding diaryl/α,β-unsaturated/α-hetero) is 1. The Morgan fingerprint density at radius 2 is 0.945 bits per heavy atom. The molecule has 5 aromatic carbocycles. The van der Waals surface area contributed by atoms with E-state index >= 15 is 0 Å². The van der Waals surface area contributed by atoms with Crippen LogP contribution in [0, 0.1) is 29.1 Å². The van der Waals surface area contributed by atoms with E-state index in [1.807, 2.05) is 105 Å². The maximum Gasteiger partial charge on any atom is 0.414 e. The van der Waals surface area contributed by atoms with Gasteiger partial charge in [-0.25, -0.2) is 78.8 Å². The minimum Gasteiger partial charge on any atom is -0.444 e. The number of nitrogens with one attached hydrogen (secondary N) is 1. The Labute approximate surface area is 835 Å². The quantitative estimate of drug-likeness (QED) is 0.0486. The number of pyridine rings is 2. The zero-order chi connectivity index (χ0) is 102. The number of anilines is 9. The van der Waals surface area contributed by atoms with E-state index in [1.54, 1.807) is 131 Å². The number of fused-ring (bicyclic) bond motifs is 2. The normalized spacial score (nSPS) is 19.4. The number of sulfone groups is 1. The van der Waals surface area contributed by atoms with Crippen molar-refractivity contribution >= 4 is 120 Å². The molecule has 8 aromatic heterocycles. The summed E-state index contributed by atoms with van der Waals surface area (Å²) in [6, 6.07) is 41.3. The summed E-state index contributed by atoms with van der Waals surface area (Å²) >= 11 is 1.49. The number of thiophene rings is 1. The first-order valence-electron chi connectivity index (χ1n) is 47.7. The highest BCUT2D eigenvalue weighted by Gasteiger charge is 2.40. The SMILES string of the molecule is CC(=O)CCC1CN(c2ccc(N3CCn4ncnc4C3)cc2)C(=O)O1.CCC1CN(c2ccc(-c3cccs3)c(F)c2)C(=O)O1.CCC1CN(c2ccc(-c3cnn(C)c3)c(F)c2)C(=O)O1.CCC1CN(c2ccc(-c3cnn4ncccc34)c(F)c2)C(=O)O1.CCC1CN(c2cnc(N3CCS(=O)(=O)CC3)c(F)c2)C(=O)O1.O=C1OC(Cn2cccn2)CN1c1ccc(-c2ccc(N3CCNCC3)nc2)c(F)c1. The number of aryl methyl sites for hydroxylation is 1. The van der Waals surface area contributed by atoms with E-state index in [2.05, 4.69) is 55.6 Å². The van der Waals surface area contributed by atoms with Crippen molar-refractivity contribution in [1.82, 2.24) is 64.4 Å². The fourth-order valence-corrected chi connectivity index (χ4v) is 19.5. The van der Waals surface area contributed by atoms with Gasteiger partial charge in [-0.15, -0.1) is 11.3 Å². The third-order valence-corrected chi connectivity index (χ3v) is 28.2. The topological polar surface area (TPSA) is 373 Å². The number of rotatable bonds is 22. The van der Waals surface area contributed by atoms with Crippen molar-refractivity contribution in [2.75, 3.05) is 141 Å². The van der Waals surface area contributed by atoms with Gasteiger partial charge in [0.05, 0.1) is 123 Å². The fourth-order valence-electron chi connectivity index (χ4n) is 17.6. The number of ketones is 1. The van der Waals surface area contributed by atoms with Gasteiger partial charge in [-0.05, 0) is 178 Å². The van der Waals surface area contributed by atoms with Crippen LogP contribution in [-0.2, 0) is 69.7 Å². The summed E-state index contributed by atoms with van der Waals surface area (Å²) in [7, 11) is -1.26. The molecule has 44 heteroatoms. The summed E-state index contributed by atoms with van der Waals surface area (Å²) in [6.45, 7) is 18.9. The molecule has 758 valence electrons. The van der Waals surface area contributed by atoms with E-state index in [4.69, 9.17) is 28.4 Å². The number of halogens is 5. The lowest BCUT2D eigenvalue weighted by molar-refractivity contribution is -0.117. The van der Waals surface area contributed by atoms with Crippen LogP contribution < -0.4 is 49.4 Å². The van der Waals surface area contributed by atoms with Gasteiger partial charge in [0.2, 0.25) is 0 Å². The van der Waals surface area contributed by atoms with E-state index < -0.39 is 57.8 Å². The average molecular weight is 2030 g/mol. The highest BCUT2D eigenvalue weighted by atomic mass is 32.2. The number of piperazine rings is 1. The molecule has 0 radical (unpaired) electrons. The van der Waals surface area contributed by atoms with Crippen molar-refractivity contribution < 1.29 is 92.4 Å². The van der Waals surface area contributed by atoms with Crippen LogP contribution in [0.15, 0.2) is 207 Å². The summed E-state index contributed by atoms with van der Waals surface area (Å²) in [5, 5.41) is 25.8. The molecule has 145 heavy (non-hydrogen) atoms. The van der Waals surface area contributed by atoms with Crippen LogP contribution in [0.25, 0.3) is 49.3 Å². The molecule has 0 spiro atoms. The van der Waals surface area contributed by atoms with E-state index in [0.29, 0.717) is 132 Å². The summed E-state index contributed by atoms with van der Waals surface area (Å²) in [5.41, 5.74) is 8.93. The number of cyclic esters (lactones) is 6. The Morgan fingerprint density at radius 3 is 1.45 bits per heavy atom. The van der Waals surface area contributed by atoms with Crippen LogP contribution in [-0.4, -0.2) is 243 Å². The molecule has 6 amide bonds. The molecule has 0 saturated carbocycles. The number of hydrogen-bond donors (Lipinski definition) is 1. The molecule has 1 N–H and O–H groups in total. The summed E-state index contributed by atoms with van der Waals surface area (Å²) in [6.07, 6.45) is 14.9. The Balaban J connectivity index is 0.000000120. The van der Waals surface area contributed by atoms with Crippen LogP contribution in [0.2, 0.25) is 0 Å². The first-order chi connectivity index (χ1) is 70.1. The molecule has 37 nitrogen and oxygen atoms in total. The van der Waals surface area contributed by atoms with Crippen molar-refractivity contribution in [1.29, 1.82) is 0 Å². The largest absolute Gasteiger partial charge is 0.444 e. The van der Waals surface area contributed by atoms with Crippen LogP contribution >= 0.6 is 11.3 Å². The van der Waals surface area contributed by atoms with Crippen LogP contribution in [0.3, 0.4) is 0 Å². The number of amides is 6. The molecular formula is C101H107F5N22O15S2. The van der Waals surface area contributed by atoms with Gasteiger partial charge in [0, 0.05) is 152 Å². The van der Waals surface area contributed by atoms with Gasteiger partial charge in [-0.1, -0.05) is 33.8 Å². The minimum absolute atomic E-state index is 0.00744. The number of carbonyl (C=O) groups is 7. The number of nitrogens with zero attached hydrogens (tertiary/aromatic N) is 21. The Bertz CT molecular complexity index is 6910. The molecule has 9 aliphatic heterocycles.